The number of aliphatic hydroxyl groups is 1. The lowest BCUT2D eigenvalue weighted by atomic mass is 10.1. The van der Waals surface area contributed by atoms with Crippen molar-refractivity contribution in [3.8, 4) is 0 Å². The van der Waals surface area contributed by atoms with Gasteiger partial charge in [-0.25, -0.2) is 0 Å². The molecule has 0 saturated carbocycles. The van der Waals surface area contributed by atoms with Crippen LogP contribution in [0.4, 0.5) is 5.69 Å². The minimum Gasteiger partial charge on any atom is -0.395 e. The topological polar surface area (TPSA) is 78.6 Å². The van der Waals surface area contributed by atoms with E-state index in [1.54, 1.807) is 12.1 Å². The van der Waals surface area contributed by atoms with Gasteiger partial charge in [-0.3, -0.25) is 15.0 Å². The lowest BCUT2D eigenvalue weighted by molar-refractivity contribution is -0.385. The van der Waals surface area contributed by atoms with Gasteiger partial charge in [-0.15, -0.1) is 0 Å². The molecule has 0 aliphatic carbocycles. The Bertz CT molecular complexity index is 447. The molecular weight excluding hydrogens is 258 g/mol. The third kappa shape index (κ3) is 4.00. The molecule has 2 N–H and O–H groups in total. The van der Waals surface area contributed by atoms with Crippen LogP contribution in [-0.4, -0.2) is 47.2 Å². The molecule has 0 bridgehead atoms. The first-order valence-corrected chi connectivity index (χ1v) is 6.99. The summed E-state index contributed by atoms with van der Waals surface area (Å²) >= 11 is 0. The van der Waals surface area contributed by atoms with Crippen LogP contribution in [0.5, 0.6) is 0 Å². The summed E-state index contributed by atoms with van der Waals surface area (Å²) in [6.07, 6.45) is 2.29. The Labute approximate surface area is 118 Å². The fraction of sp³-hybridized carbons (Fsp3) is 0.571. The predicted molar refractivity (Wildman–Crippen MR) is 76.5 cm³/mol. The molecule has 1 unspecified atom stereocenters. The summed E-state index contributed by atoms with van der Waals surface area (Å²) in [4.78, 5) is 12.8. The van der Waals surface area contributed by atoms with Crippen molar-refractivity contribution in [2.75, 3.05) is 26.2 Å². The van der Waals surface area contributed by atoms with Crippen LogP contribution >= 0.6 is 0 Å². The molecule has 1 heterocycles. The van der Waals surface area contributed by atoms with Crippen LogP contribution in [0, 0.1) is 10.1 Å². The van der Waals surface area contributed by atoms with E-state index in [1.165, 1.54) is 12.5 Å². The van der Waals surface area contributed by atoms with Gasteiger partial charge in [0.25, 0.3) is 5.69 Å². The third-order valence-corrected chi connectivity index (χ3v) is 3.64. The summed E-state index contributed by atoms with van der Waals surface area (Å²) in [5, 5.41) is 23.6. The van der Waals surface area contributed by atoms with Gasteiger partial charge >= 0.3 is 0 Å². The zero-order chi connectivity index (χ0) is 14.4. The molecule has 1 fully saturated rings. The van der Waals surface area contributed by atoms with Crippen molar-refractivity contribution in [3.05, 3.63) is 39.9 Å². The van der Waals surface area contributed by atoms with Crippen molar-refractivity contribution in [2.45, 2.75) is 25.4 Å². The highest BCUT2D eigenvalue weighted by Crippen LogP contribution is 2.20. The minimum absolute atomic E-state index is 0.0628. The van der Waals surface area contributed by atoms with Gasteiger partial charge < -0.3 is 10.4 Å². The molecule has 1 aliphatic rings. The highest BCUT2D eigenvalue weighted by Gasteiger charge is 2.20. The lowest BCUT2D eigenvalue weighted by Gasteiger charge is -2.24. The zero-order valence-corrected chi connectivity index (χ0v) is 11.5. The first-order chi connectivity index (χ1) is 9.70. The molecule has 1 aliphatic heterocycles. The second kappa shape index (κ2) is 7.33. The quantitative estimate of drug-likeness (QED) is 0.578. The van der Waals surface area contributed by atoms with E-state index < -0.39 is 0 Å². The lowest BCUT2D eigenvalue weighted by Crippen LogP contribution is -2.38. The summed E-state index contributed by atoms with van der Waals surface area (Å²) in [5.41, 5.74) is 0.846. The van der Waals surface area contributed by atoms with Crippen molar-refractivity contribution in [1.82, 2.24) is 10.2 Å². The van der Waals surface area contributed by atoms with Crippen LogP contribution in [0.1, 0.15) is 18.4 Å². The molecule has 1 aromatic rings. The van der Waals surface area contributed by atoms with Gasteiger partial charge in [-0.1, -0.05) is 18.2 Å². The van der Waals surface area contributed by atoms with E-state index >= 15 is 0 Å². The largest absolute Gasteiger partial charge is 0.395 e. The van der Waals surface area contributed by atoms with Gasteiger partial charge in [0.05, 0.1) is 11.5 Å². The third-order valence-electron chi connectivity index (χ3n) is 3.64. The highest BCUT2D eigenvalue weighted by atomic mass is 16.6. The molecule has 0 amide bonds. The Hall–Kier alpha value is -1.50. The molecule has 1 atom stereocenters. The number of aliphatic hydroxyl groups excluding tert-OH is 1. The number of rotatable bonds is 7. The first-order valence-electron chi connectivity index (χ1n) is 6.99. The van der Waals surface area contributed by atoms with Crippen LogP contribution in [-0.2, 0) is 6.54 Å². The summed E-state index contributed by atoms with van der Waals surface area (Å²) in [6, 6.07) is 7.22. The number of nitrogens with zero attached hydrogens (tertiary/aromatic N) is 2. The minimum atomic E-state index is -0.347. The molecule has 1 saturated heterocycles. The van der Waals surface area contributed by atoms with Crippen LogP contribution in [0.2, 0.25) is 0 Å². The van der Waals surface area contributed by atoms with Crippen molar-refractivity contribution in [2.24, 2.45) is 0 Å². The Morgan fingerprint density at radius 3 is 2.90 bits per heavy atom. The summed E-state index contributed by atoms with van der Waals surface area (Å²) in [6.45, 7) is 2.93. The molecule has 6 nitrogen and oxygen atoms in total. The van der Waals surface area contributed by atoms with Crippen molar-refractivity contribution < 1.29 is 10.0 Å². The standard InChI is InChI=1S/C14H21N3O3/c18-9-8-16(11-13-5-3-7-15-13)10-12-4-1-2-6-14(12)17(19)20/h1-2,4,6,13,15,18H,3,5,7-11H2. The van der Waals surface area contributed by atoms with Gasteiger partial charge in [-0.2, -0.15) is 0 Å². The molecule has 0 spiro atoms. The van der Waals surface area contributed by atoms with Gasteiger partial charge in [-0.05, 0) is 19.4 Å². The second-order valence-electron chi connectivity index (χ2n) is 5.14. The van der Waals surface area contributed by atoms with E-state index in [0.717, 1.165) is 19.5 Å². The van der Waals surface area contributed by atoms with Gasteiger partial charge in [0, 0.05) is 37.3 Å². The average Bonchev–Trinajstić information content (AvgIpc) is 2.92. The summed E-state index contributed by atoms with van der Waals surface area (Å²) < 4.78 is 0. The Kier molecular flexibility index (Phi) is 5.46. The number of benzene rings is 1. The van der Waals surface area contributed by atoms with E-state index in [-0.39, 0.29) is 17.2 Å². The van der Waals surface area contributed by atoms with E-state index in [0.29, 0.717) is 24.7 Å². The van der Waals surface area contributed by atoms with Gasteiger partial charge in [0.1, 0.15) is 0 Å². The number of nitro groups is 1. The average molecular weight is 279 g/mol. The van der Waals surface area contributed by atoms with E-state index in [9.17, 15) is 15.2 Å². The maximum Gasteiger partial charge on any atom is 0.273 e. The monoisotopic (exact) mass is 279 g/mol. The number of nitrogens with one attached hydrogen (secondary N) is 1. The predicted octanol–water partition coefficient (Wildman–Crippen LogP) is 1.14. The fourth-order valence-electron chi connectivity index (χ4n) is 2.66. The molecule has 0 radical (unpaired) electrons. The SMILES string of the molecule is O=[N+]([O-])c1ccccc1CN(CCO)CC1CCCN1. The molecule has 20 heavy (non-hydrogen) atoms. The van der Waals surface area contributed by atoms with Crippen molar-refractivity contribution >= 4 is 5.69 Å². The molecule has 2 rings (SSSR count). The van der Waals surface area contributed by atoms with Crippen molar-refractivity contribution in [1.29, 1.82) is 0 Å². The van der Waals surface area contributed by atoms with Crippen LogP contribution in [0.15, 0.2) is 24.3 Å². The number of hydrogen-bond acceptors (Lipinski definition) is 5. The van der Waals surface area contributed by atoms with Crippen LogP contribution in [0.25, 0.3) is 0 Å². The number of nitro benzene ring substituents is 1. The molecule has 6 heteroatoms. The molecule has 0 aromatic heterocycles. The van der Waals surface area contributed by atoms with Gasteiger partial charge in [0.15, 0.2) is 0 Å². The summed E-state index contributed by atoms with van der Waals surface area (Å²) in [5.74, 6) is 0. The zero-order valence-electron chi connectivity index (χ0n) is 11.5. The Morgan fingerprint density at radius 1 is 1.45 bits per heavy atom. The highest BCUT2D eigenvalue weighted by molar-refractivity contribution is 5.39. The van der Waals surface area contributed by atoms with Crippen molar-refractivity contribution in [3.63, 3.8) is 0 Å². The smallest absolute Gasteiger partial charge is 0.273 e. The van der Waals surface area contributed by atoms with E-state index in [4.69, 9.17) is 0 Å². The van der Waals surface area contributed by atoms with Crippen LogP contribution in [0.3, 0.4) is 0 Å². The van der Waals surface area contributed by atoms with Crippen LogP contribution < -0.4 is 5.32 Å². The summed E-state index contributed by atoms with van der Waals surface area (Å²) in [7, 11) is 0. The van der Waals surface area contributed by atoms with E-state index in [2.05, 4.69) is 10.2 Å². The number of para-hydroxylation sites is 1. The Morgan fingerprint density at radius 2 is 2.25 bits per heavy atom. The van der Waals surface area contributed by atoms with Gasteiger partial charge in [0.2, 0.25) is 0 Å². The maximum absolute atomic E-state index is 11.0. The molecule has 1 aromatic carbocycles. The normalized spacial score (nSPS) is 18.6. The second-order valence-corrected chi connectivity index (χ2v) is 5.14. The van der Waals surface area contributed by atoms with E-state index in [1.807, 2.05) is 6.07 Å². The first kappa shape index (κ1) is 14.9. The Balaban J connectivity index is 2.05. The fourth-order valence-corrected chi connectivity index (χ4v) is 2.66. The maximum atomic E-state index is 11.0. The molecule has 110 valence electrons. The number of hydrogen-bond donors (Lipinski definition) is 2. The molecular formula is C14H21N3O3.